The number of rotatable bonds is 3. The van der Waals surface area contributed by atoms with Gasteiger partial charge in [0.25, 0.3) is 10.0 Å². The second-order valence-corrected chi connectivity index (χ2v) is 6.61. The lowest BCUT2D eigenvalue weighted by Gasteiger charge is -2.11. The van der Waals surface area contributed by atoms with Crippen molar-refractivity contribution in [3.8, 4) is 0 Å². The fourth-order valence-corrected chi connectivity index (χ4v) is 3.43. The summed E-state index contributed by atoms with van der Waals surface area (Å²) in [5.74, 6) is -0.120. The average molecular weight is 335 g/mol. The first-order valence-electron chi connectivity index (χ1n) is 6.25. The normalized spacial score (nSPS) is 11.5. The highest BCUT2D eigenvalue weighted by atomic mass is 35.5. The highest BCUT2D eigenvalue weighted by Crippen LogP contribution is 2.26. The summed E-state index contributed by atoms with van der Waals surface area (Å²) in [5, 5.41) is 1.01. The van der Waals surface area contributed by atoms with Crippen molar-refractivity contribution in [2.75, 3.05) is 10.5 Å². The van der Waals surface area contributed by atoms with Gasteiger partial charge in [0.15, 0.2) is 0 Å². The number of nitrogen functional groups attached to an aromatic ring is 1. The van der Waals surface area contributed by atoms with Crippen molar-refractivity contribution in [1.29, 1.82) is 0 Å². The number of pyridine rings is 2. The SMILES string of the molecule is Nc1ncc(Cl)cc1S(=O)(=O)Nc1cccc2cccnc12. The maximum absolute atomic E-state index is 12.5. The molecule has 0 aliphatic heterocycles. The quantitative estimate of drug-likeness (QED) is 0.767. The van der Waals surface area contributed by atoms with Crippen molar-refractivity contribution in [3.63, 3.8) is 0 Å². The van der Waals surface area contributed by atoms with Crippen LogP contribution in [0.15, 0.2) is 53.7 Å². The van der Waals surface area contributed by atoms with Gasteiger partial charge in [0.05, 0.1) is 16.2 Å². The molecule has 0 amide bonds. The van der Waals surface area contributed by atoms with E-state index in [1.165, 1.54) is 12.3 Å². The van der Waals surface area contributed by atoms with Gasteiger partial charge in [0.1, 0.15) is 10.7 Å². The molecule has 3 rings (SSSR count). The van der Waals surface area contributed by atoms with E-state index in [2.05, 4.69) is 14.7 Å². The van der Waals surface area contributed by atoms with Crippen LogP contribution in [0.25, 0.3) is 10.9 Å². The molecule has 2 aromatic heterocycles. The zero-order valence-electron chi connectivity index (χ0n) is 11.2. The molecule has 0 atom stereocenters. The molecule has 0 unspecified atom stereocenters. The lowest BCUT2D eigenvalue weighted by molar-refractivity contribution is 0.601. The Bertz CT molecular complexity index is 955. The van der Waals surface area contributed by atoms with Gasteiger partial charge >= 0.3 is 0 Å². The van der Waals surface area contributed by atoms with E-state index in [1.54, 1.807) is 24.4 Å². The zero-order valence-corrected chi connectivity index (χ0v) is 12.8. The van der Waals surface area contributed by atoms with E-state index in [-0.39, 0.29) is 15.7 Å². The Kier molecular flexibility index (Phi) is 3.59. The summed E-state index contributed by atoms with van der Waals surface area (Å²) < 4.78 is 27.5. The van der Waals surface area contributed by atoms with Crippen LogP contribution in [-0.2, 0) is 10.0 Å². The van der Waals surface area contributed by atoms with Crippen molar-refractivity contribution >= 4 is 44.0 Å². The summed E-state index contributed by atoms with van der Waals surface area (Å²) >= 11 is 5.80. The first-order valence-corrected chi connectivity index (χ1v) is 8.11. The van der Waals surface area contributed by atoms with Crippen molar-refractivity contribution in [2.24, 2.45) is 0 Å². The molecule has 0 saturated carbocycles. The number of nitrogens with two attached hydrogens (primary N) is 1. The molecular weight excluding hydrogens is 324 g/mol. The van der Waals surface area contributed by atoms with E-state index < -0.39 is 10.0 Å². The Hall–Kier alpha value is -2.38. The molecular formula is C14H11ClN4O2S. The number of aromatic nitrogens is 2. The summed E-state index contributed by atoms with van der Waals surface area (Å²) in [6, 6.07) is 10.1. The third-order valence-corrected chi connectivity index (χ3v) is 4.62. The Balaban J connectivity index is 2.09. The maximum Gasteiger partial charge on any atom is 0.265 e. The van der Waals surface area contributed by atoms with Gasteiger partial charge in [-0.15, -0.1) is 0 Å². The van der Waals surface area contributed by atoms with Gasteiger partial charge in [0.2, 0.25) is 0 Å². The predicted octanol–water partition coefficient (Wildman–Crippen LogP) is 2.67. The third-order valence-electron chi connectivity index (χ3n) is 3.01. The van der Waals surface area contributed by atoms with E-state index >= 15 is 0 Å². The summed E-state index contributed by atoms with van der Waals surface area (Å²) in [4.78, 5) is 7.79. The molecule has 0 bridgehead atoms. The van der Waals surface area contributed by atoms with Gasteiger partial charge in [-0.2, -0.15) is 0 Å². The van der Waals surface area contributed by atoms with E-state index in [4.69, 9.17) is 17.3 Å². The van der Waals surface area contributed by atoms with Crippen LogP contribution in [0.2, 0.25) is 5.02 Å². The van der Waals surface area contributed by atoms with Crippen molar-refractivity contribution in [2.45, 2.75) is 4.90 Å². The highest BCUT2D eigenvalue weighted by Gasteiger charge is 2.20. The van der Waals surface area contributed by atoms with E-state index in [0.717, 1.165) is 5.39 Å². The summed E-state index contributed by atoms with van der Waals surface area (Å²) in [5.41, 5.74) is 6.54. The smallest absolute Gasteiger partial charge is 0.265 e. The molecule has 0 saturated heterocycles. The number of fused-ring (bicyclic) bond motifs is 1. The number of nitrogens with zero attached hydrogens (tertiary/aromatic N) is 2. The Morgan fingerprint density at radius 2 is 1.91 bits per heavy atom. The number of benzene rings is 1. The van der Waals surface area contributed by atoms with Gasteiger partial charge in [-0.3, -0.25) is 9.71 Å². The standard InChI is InChI=1S/C14H11ClN4O2S/c15-10-7-12(14(16)18-8-10)22(20,21)19-11-5-1-3-9-4-2-6-17-13(9)11/h1-8,19H,(H2,16,18). The molecule has 1 aromatic carbocycles. The maximum atomic E-state index is 12.5. The van der Waals surface area contributed by atoms with Crippen LogP contribution in [0.3, 0.4) is 0 Å². The van der Waals surface area contributed by atoms with Gasteiger partial charge < -0.3 is 5.73 Å². The van der Waals surface area contributed by atoms with E-state index in [1.807, 2.05) is 12.1 Å². The Morgan fingerprint density at radius 3 is 2.73 bits per heavy atom. The minimum Gasteiger partial charge on any atom is -0.383 e. The molecule has 8 heteroatoms. The van der Waals surface area contributed by atoms with Crippen LogP contribution in [0.1, 0.15) is 0 Å². The number of hydrogen-bond donors (Lipinski definition) is 2. The van der Waals surface area contributed by atoms with E-state index in [0.29, 0.717) is 11.2 Å². The monoisotopic (exact) mass is 334 g/mol. The summed E-state index contributed by atoms with van der Waals surface area (Å²) in [6.45, 7) is 0. The first kappa shape index (κ1) is 14.6. The Morgan fingerprint density at radius 1 is 1.14 bits per heavy atom. The molecule has 0 spiro atoms. The first-order chi connectivity index (χ1) is 10.5. The number of anilines is 2. The molecule has 22 heavy (non-hydrogen) atoms. The minimum atomic E-state index is -3.92. The number of hydrogen-bond acceptors (Lipinski definition) is 5. The zero-order chi connectivity index (χ0) is 15.7. The Labute approximate surface area is 132 Å². The highest BCUT2D eigenvalue weighted by molar-refractivity contribution is 7.93. The second kappa shape index (κ2) is 5.43. The van der Waals surface area contributed by atoms with Crippen LogP contribution < -0.4 is 10.5 Å². The van der Waals surface area contributed by atoms with Crippen molar-refractivity contribution in [1.82, 2.24) is 9.97 Å². The molecule has 0 aliphatic rings. The molecule has 0 aliphatic carbocycles. The number of halogens is 1. The number of para-hydroxylation sites is 1. The second-order valence-electron chi connectivity index (χ2n) is 4.52. The molecule has 3 aromatic rings. The average Bonchev–Trinajstić information content (AvgIpc) is 2.50. The van der Waals surface area contributed by atoms with Gasteiger partial charge in [0, 0.05) is 17.8 Å². The van der Waals surface area contributed by atoms with Gasteiger partial charge in [-0.25, -0.2) is 13.4 Å². The molecule has 3 N–H and O–H groups in total. The topological polar surface area (TPSA) is 98.0 Å². The number of sulfonamides is 1. The van der Waals surface area contributed by atoms with Crippen molar-refractivity contribution < 1.29 is 8.42 Å². The molecule has 0 radical (unpaired) electrons. The lowest BCUT2D eigenvalue weighted by Crippen LogP contribution is -2.16. The van der Waals surface area contributed by atoms with Crippen LogP contribution in [0.4, 0.5) is 11.5 Å². The fourth-order valence-electron chi connectivity index (χ4n) is 2.03. The third kappa shape index (κ3) is 2.68. The van der Waals surface area contributed by atoms with E-state index in [9.17, 15) is 8.42 Å². The summed E-state index contributed by atoms with van der Waals surface area (Å²) in [6.07, 6.45) is 2.88. The van der Waals surface area contributed by atoms with Crippen molar-refractivity contribution in [3.05, 3.63) is 53.8 Å². The summed E-state index contributed by atoms with van der Waals surface area (Å²) in [7, 11) is -3.92. The van der Waals surface area contributed by atoms with Gasteiger partial charge in [-0.1, -0.05) is 29.8 Å². The largest absolute Gasteiger partial charge is 0.383 e. The molecule has 112 valence electrons. The van der Waals surface area contributed by atoms with Crippen LogP contribution in [-0.4, -0.2) is 18.4 Å². The number of nitrogens with one attached hydrogen (secondary N) is 1. The van der Waals surface area contributed by atoms with Crippen LogP contribution >= 0.6 is 11.6 Å². The predicted molar refractivity (Wildman–Crippen MR) is 86.2 cm³/mol. The van der Waals surface area contributed by atoms with Gasteiger partial charge in [-0.05, 0) is 18.2 Å². The van der Waals surface area contributed by atoms with Crippen LogP contribution in [0.5, 0.6) is 0 Å². The molecule has 2 heterocycles. The molecule has 0 fully saturated rings. The minimum absolute atomic E-state index is 0.120. The fraction of sp³-hybridized carbons (Fsp3) is 0. The van der Waals surface area contributed by atoms with Crippen LogP contribution in [0, 0.1) is 0 Å². The molecule has 6 nitrogen and oxygen atoms in total. The lowest BCUT2D eigenvalue weighted by atomic mass is 10.2.